The van der Waals surface area contributed by atoms with Crippen LogP contribution in [0.4, 0.5) is 0 Å². The molecule has 2 N–H and O–H groups in total. The van der Waals surface area contributed by atoms with Crippen LogP contribution in [-0.4, -0.2) is 43.1 Å². The Morgan fingerprint density at radius 3 is 2.51 bits per heavy atom. The monoisotopic (exact) mass is 484 g/mol. The molecule has 0 radical (unpaired) electrons. The van der Waals surface area contributed by atoms with Gasteiger partial charge in [-0.25, -0.2) is 0 Å². The van der Waals surface area contributed by atoms with Crippen LogP contribution < -0.4 is 0 Å². The van der Waals surface area contributed by atoms with Gasteiger partial charge < -0.3 is 4.98 Å². The molecule has 0 atom stereocenters. The van der Waals surface area contributed by atoms with Gasteiger partial charge in [0.25, 0.3) is 0 Å². The summed E-state index contributed by atoms with van der Waals surface area (Å²) in [7, 11) is 0. The first-order valence-electron chi connectivity index (χ1n) is 13.0. The largest absolute Gasteiger partial charge is 0.353 e. The highest BCUT2D eigenvalue weighted by molar-refractivity contribution is 6.01. The van der Waals surface area contributed by atoms with Crippen molar-refractivity contribution in [1.82, 2.24) is 30.0 Å². The fraction of sp³-hybridized carbons (Fsp3) is 0.194. The van der Waals surface area contributed by atoms with E-state index >= 15 is 0 Å². The molecule has 6 aromatic rings. The molecule has 6 nitrogen and oxygen atoms in total. The Hall–Kier alpha value is -4.29. The third kappa shape index (κ3) is 4.19. The van der Waals surface area contributed by atoms with Gasteiger partial charge in [0.15, 0.2) is 0 Å². The Bertz CT molecular complexity index is 1690. The number of nitrogens with one attached hydrogen (secondary N) is 2. The molecule has 4 aromatic heterocycles. The Labute approximate surface area is 215 Å². The minimum absolute atomic E-state index is 0.922. The second-order valence-electron chi connectivity index (χ2n) is 9.94. The maximum absolute atomic E-state index is 4.70. The van der Waals surface area contributed by atoms with E-state index in [1.54, 1.807) is 0 Å². The van der Waals surface area contributed by atoms with E-state index in [0.717, 1.165) is 51.0 Å². The number of nitrogens with zero attached hydrogens (tertiary/aromatic N) is 4. The second-order valence-corrected chi connectivity index (χ2v) is 9.94. The van der Waals surface area contributed by atoms with Crippen molar-refractivity contribution in [2.24, 2.45) is 0 Å². The fourth-order valence-corrected chi connectivity index (χ4v) is 5.57. The van der Waals surface area contributed by atoms with Crippen LogP contribution >= 0.6 is 0 Å². The zero-order valence-corrected chi connectivity index (χ0v) is 20.6. The van der Waals surface area contributed by atoms with Gasteiger partial charge in [-0.15, -0.1) is 0 Å². The van der Waals surface area contributed by atoms with Crippen LogP contribution in [0.2, 0.25) is 0 Å². The summed E-state index contributed by atoms with van der Waals surface area (Å²) < 4.78 is 0. The minimum atomic E-state index is 0.922. The number of aromatic amines is 2. The zero-order chi connectivity index (χ0) is 24.6. The zero-order valence-electron chi connectivity index (χ0n) is 20.6. The number of aromatic nitrogens is 5. The molecule has 1 aliphatic heterocycles. The summed E-state index contributed by atoms with van der Waals surface area (Å²) in [6, 6.07) is 21.4. The first-order chi connectivity index (χ1) is 18.3. The molecule has 1 aliphatic rings. The van der Waals surface area contributed by atoms with Crippen LogP contribution in [0, 0.1) is 0 Å². The summed E-state index contributed by atoms with van der Waals surface area (Å²) in [4.78, 5) is 14.9. The van der Waals surface area contributed by atoms with E-state index in [1.807, 2.05) is 36.9 Å². The number of piperidine rings is 1. The molecule has 182 valence electrons. The molecular weight excluding hydrogens is 456 g/mol. The van der Waals surface area contributed by atoms with Crippen molar-refractivity contribution < 1.29 is 0 Å². The third-order valence-electron chi connectivity index (χ3n) is 7.46. The van der Waals surface area contributed by atoms with Crippen LogP contribution in [0.1, 0.15) is 24.8 Å². The van der Waals surface area contributed by atoms with Crippen molar-refractivity contribution in [3.05, 3.63) is 91.0 Å². The van der Waals surface area contributed by atoms with E-state index in [1.165, 1.54) is 48.9 Å². The predicted octanol–water partition coefficient (Wildman–Crippen LogP) is 6.82. The van der Waals surface area contributed by atoms with Gasteiger partial charge in [-0.3, -0.25) is 20.0 Å². The Morgan fingerprint density at radius 1 is 0.730 bits per heavy atom. The van der Waals surface area contributed by atoms with Crippen molar-refractivity contribution >= 4 is 21.8 Å². The lowest BCUT2D eigenvalue weighted by Crippen LogP contribution is -2.29. The molecule has 0 spiro atoms. The van der Waals surface area contributed by atoms with Crippen LogP contribution in [0.25, 0.3) is 55.4 Å². The Balaban J connectivity index is 1.26. The molecular formula is C31H28N6. The van der Waals surface area contributed by atoms with E-state index in [0.29, 0.717) is 0 Å². The van der Waals surface area contributed by atoms with Crippen LogP contribution in [0.3, 0.4) is 0 Å². The Morgan fingerprint density at radius 2 is 1.62 bits per heavy atom. The van der Waals surface area contributed by atoms with Gasteiger partial charge in [-0.2, -0.15) is 5.10 Å². The maximum Gasteiger partial charge on any atom is 0.116 e. The number of benzene rings is 2. The van der Waals surface area contributed by atoms with Gasteiger partial charge >= 0.3 is 0 Å². The topological polar surface area (TPSA) is 73.5 Å². The highest BCUT2D eigenvalue weighted by Crippen LogP contribution is 2.35. The number of hydrogen-bond donors (Lipinski definition) is 2. The van der Waals surface area contributed by atoms with Crippen molar-refractivity contribution in [3.8, 4) is 33.6 Å². The van der Waals surface area contributed by atoms with Crippen molar-refractivity contribution in [1.29, 1.82) is 0 Å². The van der Waals surface area contributed by atoms with E-state index in [-0.39, 0.29) is 0 Å². The summed E-state index contributed by atoms with van der Waals surface area (Å²) in [5.74, 6) is 0. The number of rotatable bonds is 5. The number of pyridine rings is 2. The number of H-pyrrole nitrogens is 2. The lowest BCUT2D eigenvalue weighted by molar-refractivity contribution is 0.220. The van der Waals surface area contributed by atoms with Crippen molar-refractivity contribution in [3.63, 3.8) is 0 Å². The van der Waals surface area contributed by atoms with Crippen LogP contribution in [0.5, 0.6) is 0 Å². The fourth-order valence-electron chi connectivity index (χ4n) is 5.57. The van der Waals surface area contributed by atoms with Gasteiger partial charge in [0, 0.05) is 53.2 Å². The molecule has 5 heterocycles. The average Bonchev–Trinajstić information content (AvgIpc) is 3.58. The highest BCUT2D eigenvalue weighted by atomic mass is 15.1. The quantitative estimate of drug-likeness (QED) is 0.282. The van der Waals surface area contributed by atoms with Crippen molar-refractivity contribution in [2.75, 3.05) is 13.1 Å². The van der Waals surface area contributed by atoms with E-state index in [9.17, 15) is 0 Å². The van der Waals surface area contributed by atoms with Gasteiger partial charge in [0.1, 0.15) is 5.69 Å². The average molecular weight is 485 g/mol. The van der Waals surface area contributed by atoms with E-state index in [4.69, 9.17) is 5.10 Å². The molecule has 0 saturated carbocycles. The van der Waals surface area contributed by atoms with E-state index in [2.05, 4.69) is 73.5 Å². The highest BCUT2D eigenvalue weighted by Gasteiger charge is 2.15. The normalized spacial score (nSPS) is 14.5. The second kappa shape index (κ2) is 9.30. The summed E-state index contributed by atoms with van der Waals surface area (Å²) in [5.41, 5.74) is 9.92. The lowest BCUT2D eigenvalue weighted by Gasteiger charge is -2.26. The molecule has 37 heavy (non-hydrogen) atoms. The SMILES string of the molecule is c1cc(-c2ccncc2)c2cc(-c3n[nH]c4ccc(-c5cncc(CN6CCCCC6)c5)cc34)[nH]c2c1. The molecule has 0 bridgehead atoms. The molecule has 6 heteroatoms. The molecule has 0 unspecified atom stereocenters. The third-order valence-corrected chi connectivity index (χ3v) is 7.46. The van der Waals surface area contributed by atoms with Crippen LogP contribution in [0.15, 0.2) is 85.5 Å². The summed E-state index contributed by atoms with van der Waals surface area (Å²) in [5, 5.41) is 10.2. The molecule has 1 fully saturated rings. The summed E-state index contributed by atoms with van der Waals surface area (Å²) >= 11 is 0. The standard InChI is InChI=1S/C31H28N6/c1-2-13-37(14-3-1)20-21-15-24(19-33-18-21)23-7-8-29-27(16-23)31(36-35-29)30-17-26-25(5-4-6-28(26)34-30)22-9-11-32-12-10-22/h4-12,15-19,34H,1-3,13-14,20H2,(H,35,36). The molecule has 0 amide bonds. The first kappa shape index (κ1) is 21.9. The minimum Gasteiger partial charge on any atom is -0.353 e. The predicted molar refractivity (Wildman–Crippen MR) is 149 cm³/mol. The van der Waals surface area contributed by atoms with Crippen LogP contribution in [-0.2, 0) is 6.54 Å². The smallest absolute Gasteiger partial charge is 0.116 e. The van der Waals surface area contributed by atoms with Gasteiger partial charge in [-0.1, -0.05) is 24.6 Å². The number of likely N-dealkylation sites (tertiary alicyclic amines) is 1. The molecule has 1 saturated heterocycles. The number of fused-ring (bicyclic) bond motifs is 2. The molecule has 0 aliphatic carbocycles. The van der Waals surface area contributed by atoms with E-state index < -0.39 is 0 Å². The summed E-state index contributed by atoms with van der Waals surface area (Å²) in [6.07, 6.45) is 11.6. The van der Waals surface area contributed by atoms with Gasteiger partial charge in [0.2, 0.25) is 0 Å². The van der Waals surface area contributed by atoms with Gasteiger partial charge in [0.05, 0.1) is 11.2 Å². The lowest BCUT2D eigenvalue weighted by atomic mass is 10.0. The molecule has 2 aromatic carbocycles. The number of hydrogen-bond acceptors (Lipinski definition) is 4. The van der Waals surface area contributed by atoms with Crippen molar-refractivity contribution in [2.45, 2.75) is 25.8 Å². The Kier molecular flexibility index (Phi) is 5.52. The first-order valence-corrected chi connectivity index (χ1v) is 13.0. The summed E-state index contributed by atoms with van der Waals surface area (Å²) in [6.45, 7) is 3.33. The molecule has 7 rings (SSSR count). The van der Waals surface area contributed by atoms with Gasteiger partial charge in [-0.05, 0) is 90.6 Å². The maximum atomic E-state index is 4.70.